The van der Waals surface area contributed by atoms with E-state index in [-0.39, 0.29) is 17.9 Å². The maximum atomic E-state index is 12.5. The molecule has 1 N–H and O–H groups in total. The molecule has 0 aromatic heterocycles. The van der Waals surface area contributed by atoms with Crippen molar-refractivity contribution in [2.75, 3.05) is 19.8 Å². The summed E-state index contributed by atoms with van der Waals surface area (Å²) in [7, 11) is 0. The Balaban J connectivity index is 1.71. The highest BCUT2D eigenvalue weighted by molar-refractivity contribution is 5.86. The lowest BCUT2D eigenvalue weighted by Crippen LogP contribution is -2.63. The summed E-state index contributed by atoms with van der Waals surface area (Å²) in [4.78, 5) is 25.8. The van der Waals surface area contributed by atoms with Gasteiger partial charge in [0, 0.05) is 13.0 Å². The summed E-state index contributed by atoms with van der Waals surface area (Å²) >= 11 is 0. The van der Waals surface area contributed by atoms with Gasteiger partial charge in [-0.2, -0.15) is 0 Å². The summed E-state index contributed by atoms with van der Waals surface area (Å²) in [5.74, 6) is -0.784. The predicted octanol–water partition coefficient (Wildman–Crippen LogP) is 1.41. The molecule has 5 nitrogen and oxygen atoms in total. The number of carbonyl (C=O) groups excluding carboxylic acids is 1. The van der Waals surface area contributed by atoms with E-state index >= 15 is 0 Å². The third kappa shape index (κ3) is 1.95. The number of carboxylic acids is 1. The van der Waals surface area contributed by atoms with Crippen molar-refractivity contribution in [3.8, 4) is 0 Å². The van der Waals surface area contributed by atoms with Crippen molar-refractivity contribution < 1.29 is 19.4 Å². The third-order valence-corrected chi connectivity index (χ3v) is 5.24. The number of carbonyl (C=O) groups is 2. The van der Waals surface area contributed by atoms with Crippen LogP contribution in [0.3, 0.4) is 0 Å². The Morgan fingerprint density at radius 3 is 2.32 bits per heavy atom. The second-order valence-corrected chi connectivity index (χ2v) is 6.29. The Hall–Kier alpha value is -1.10. The van der Waals surface area contributed by atoms with E-state index in [9.17, 15) is 14.7 Å². The zero-order chi connectivity index (χ0) is 13.5. The first-order valence-electron chi connectivity index (χ1n) is 7.20. The second kappa shape index (κ2) is 4.47. The second-order valence-electron chi connectivity index (χ2n) is 6.29. The maximum absolute atomic E-state index is 12.5. The number of rotatable bonds is 3. The van der Waals surface area contributed by atoms with Crippen molar-refractivity contribution in [3.05, 3.63) is 0 Å². The molecule has 3 rings (SSSR count). The molecular formula is C14H21NO4. The molecule has 0 radical (unpaired) electrons. The first-order chi connectivity index (χ1) is 9.08. The molecule has 1 heterocycles. The van der Waals surface area contributed by atoms with Gasteiger partial charge in [-0.15, -0.1) is 0 Å². The molecule has 1 saturated heterocycles. The van der Waals surface area contributed by atoms with Gasteiger partial charge in [-0.1, -0.05) is 6.42 Å². The zero-order valence-corrected chi connectivity index (χ0v) is 11.2. The van der Waals surface area contributed by atoms with E-state index in [4.69, 9.17) is 4.74 Å². The number of hydrogen-bond donors (Lipinski definition) is 1. The molecule has 106 valence electrons. The molecule has 1 spiro atoms. The van der Waals surface area contributed by atoms with E-state index < -0.39 is 11.4 Å². The number of morpholine rings is 1. The highest BCUT2D eigenvalue weighted by atomic mass is 16.5. The smallest absolute Gasteiger partial charge is 0.310 e. The summed E-state index contributed by atoms with van der Waals surface area (Å²) < 4.78 is 5.52. The number of nitrogens with zero attached hydrogens (tertiary/aromatic N) is 1. The molecule has 1 aliphatic heterocycles. The molecule has 0 aromatic rings. The SMILES string of the molecule is O=C(CC1(C(=O)O)CCC1)N1CCOCC12CCC2. The van der Waals surface area contributed by atoms with Gasteiger partial charge in [0.1, 0.15) is 0 Å². The van der Waals surface area contributed by atoms with Crippen molar-refractivity contribution in [2.45, 2.75) is 50.5 Å². The van der Waals surface area contributed by atoms with Gasteiger partial charge in [0.2, 0.25) is 5.91 Å². The molecule has 0 atom stereocenters. The maximum Gasteiger partial charge on any atom is 0.310 e. The number of carboxylic acid groups (broad SMARTS) is 1. The van der Waals surface area contributed by atoms with Crippen molar-refractivity contribution >= 4 is 11.9 Å². The summed E-state index contributed by atoms with van der Waals surface area (Å²) in [5.41, 5.74) is -0.890. The van der Waals surface area contributed by atoms with Gasteiger partial charge in [-0.3, -0.25) is 9.59 Å². The average Bonchev–Trinajstić information content (AvgIpc) is 2.31. The Morgan fingerprint density at radius 1 is 1.16 bits per heavy atom. The van der Waals surface area contributed by atoms with E-state index in [0.29, 0.717) is 32.6 Å². The Morgan fingerprint density at radius 2 is 1.84 bits per heavy atom. The molecular weight excluding hydrogens is 246 g/mol. The summed E-state index contributed by atoms with van der Waals surface area (Å²) in [5, 5.41) is 9.34. The number of hydrogen-bond acceptors (Lipinski definition) is 3. The fourth-order valence-corrected chi connectivity index (χ4v) is 3.58. The van der Waals surface area contributed by atoms with Gasteiger partial charge in [0.15, 0.2) is 0 Å². The topological polar surface area (TPSA) is 66.8 Å². The molecule has 0 unspecified atom stereocenters. The number of aliphatic carboxylic acids is 1. The predicted molar refractivity (Wildman–Crippen MR) is 67.7 cm³/mol. The van der Waals surface area contributed by atoms with Crippen LogP contribution in [0.1, 0.15) is 44.9 Å². The monoisotopic (exact) mass is 267 g/mol. The normalized spacial score (nSPS) is 27.5. The van der Waals surface area contributed by atoms with Crippen LogP contribution in [0.15, 0.2) is 0 Å². The lowest BCUT2D eigenvalue weighted by molar-refractivity contribution is -0.170. The van der Waals surface area contributed by atoms with Crippen LogP contribution in [0.5, 0.6) is 0 Å². The Kier molecular flexibility index (Phi) is 3.04. The van der Waals surface area contributed by atoms with E-state index in [1.54, 1.807) is 0 Å². The zero-order valence-electron chi connectivity index (χ0n) is 11.2. The summed E-state index contributed by atoms with van der Waals surface area (Å²) in [6.07, 6.45) is 5.52. The van der Waals surface area contributed by atoms with Gasteiger partial charge in [-0.05, 0) is 32.1 Å². The van der Waals surface area contributed by atoms with Crippen molar-refractivity contribution in [1.29, 1.82) is 0 Å². The van der Waals surface area contributed by atoms with E-state index in [1.165, 1.54) is 0 Å². The van der Waals surface area contributed by atoms with Crippen molar-refractivity contribution in [1.82, 2.24) is 4.90 Å². The fraction of sp³-hybridized carbons (Fsp3) is 0.857. The first-order valence-corrected chi connectivity index (χ1v) is 7.20. The molecule has 3 fully saturated rings. The summed E-state index contributed by atoms with van der Waals surface area (Å²) in [6, 6.07) is 0. The molecule has 5 heteroatoms. The van der Waals surface area contributed by atoms with Gasteiger partial charge in [0.25, 0.3) is 0 Å². The Bertz CT molecular complexity index is 398. The molecule has 2 saturated carbocycles. The van der Waals surface area contributed by atoms with Crippen LogP contribution in [0.25, 0.3) is 0 Å². The third-order valence-electron chi connectivity index (χ3n) is 5.24. The highest BCUT2D eigenvalue weighted by Gasteiger charge is 2.51. The molecule has 1 amide bonds. The van der Waals surface area contributed by atoms with Crippen molar-refractivity contribution in [2.24, 2.45) is 5.41 Å². The van der Waals surface area contributed by atoms with E-state index in [1.807, 2.05) is 4.90 Å². The molecule has 0 bridgehead atoms. The molecule has 19 heavy (non-hydrogen) atoms. The van der Waals surface area contributed by atoms with Gasteiger partial charge < -0.3 is 14.7 Å². The van der Waals surface area contributed by atoms with Gasteiger partial charge in [0.05, 0.1) is 24.2 Å². The molecule has 0 aromatic carbocycles. The van der Waals surface area contributed by atoms with Crippen LogP contribution in [0, 0.1) is 5.41 Å². The van der Waals surface area contributed by atoms with Crippen LogP contribution in [-0.4, -0.2) is 47.2 Å². The average molecular weight is 267 g/mol. The van der Waals surface area contributed by atoms with Crippen LogP contribution in [-0.2, 0) is 14.3 Å². The number of ether oxygens (including phenoxy) is 1. The van der Waals surface area contributed by atoms with Crippen molar-refractivity contribution in [3.63, 3.8) is 0 Å². The first kappa shape index (κ1) is 12.9. The van der Waals surface area contributed by atoms with E-state index in [0.717, 1.165) is 25.7 Å². The number of amides is 1. The van der Waals surface area contributed by atoms with Gasteiger partial charge >= 0.3 is 5.97 Å². The largest absolute Gasteiger partial charge is 0.481 e. The van der Waals surface area contributed by atoms with Gasteiger partial charge in [-0.25, -0.2) is 0 Å². The molecule has 3 aliphatic rings. The van der Waals surface area contributed by atoms with Crippen LogP contribution >= 0.6 is 0 Å². The fourth-order valence-electron chi connectivity index (χ4n) is 3.58. The summed E-state index contributed by atoms with van der Waals surface area (Å²) in [6.45, 7) is 1.82. The minimum atomic E-state index is -0.803. The van der Waals surface area contributed by atoms with Crippen LogP contribution in [0.2, 0.25) is 0 Å². The minimum absolute atomic E-state index is 0.0186. The molecule has 2 aliphatic carbocycles. The lowest BCUT2D eigenvalue weighted by atomic mass is 9.66. The minimum Gasteiger partial charge on any atom is -0.481 e. The van der Waals surface area contributed by atoms with Crippen LogP contribution < -0.4 is 0 Å². The van der Waals surface area contributed by atoms with E-state index in [2.05, 4.69) is 0 Å². The highest BCUT2D eigenvalue weighted by Crippen LogP contribution is 2.46. The van der Waals surface area contributed by atoms with Crippen LogP contribution in [0.4, 0.5) is 0 Å². The standard InChI is InChI=1S/C14H21NO4/c16-11(9-13(12(17)18)3-1-4-13)15-7-8-19-10-14(15)5-2-6-14/h1-10H2,(H,17,18). The lowest BCUT2D eigenvalue weighted by Gasteiger charge is -2.53. The quantitative estimate of drug-likeness (QED) is 0.839. The Labute approximate surface area is 112 Å².